The van der Waals surface area contributed by atoms with Gasteiger partial charge in [-0.15, -0.1) is 10.2 Å². The normalized spacial score (nSPS) is 10.6. The van der Waals surface area contributed by atoms with Crippen molar-refractivity contribution in [1.82, 2.24) is 10.2 Å². The Bertz CT molecular complexity index is 892. The summed E-state index contributed by atoms with van der Waals surface area (Å²) < 4.78 is 19.2. The Morgan fingerprint density at radius 1 is 1.21 bits per heavy atom. The van der Waals surface area contributed by atoms with E-state index in [-0.39, 0.29) is 23.9 Å². The number of benzene rings is 2. The van der Waals surface area contributed by atoms with Gasteiger partial charge in [-0.1, -0.05) is 24.3 Å². The van der Waals surface area contributed by atoms with Crippen molar-refractivity contribution in [2.75, 3.05) is 5.32 Å². The minimum Gasteiger partial charge on any atom is -0.419 e. The number of nitrogens with two attached hydrogens (primary N) is 1. The summed E-state index contributed by atoms with van der Waals surface area (Å²) >= 11 is 0. The van der Waals surface area contributed by atoms with Crippen LogP contribution >= 0.6 is 0 Å². The smallest absolute Gasteiger partial charge is 0.250 e. The highest BCUT2D eigenvalue weighted by Crippen LogP contribution is 2.23. The van der Waals surface area contributed by atoms with Crippen molar-refractivity contribution in [1.29, 1.82) is 0 Å². The second-order valence-corrected chi connectivity index (χ2v) is 5.20. The molecule has 0 radical (unpaired) electrons. The molecule has 1 amide bonds. The maximum atomic E-state index is 13.7. The van der Waals surface area contributed by atoms with Gasteiger partial charge in [-0.05, 0) is 30.7 Å². The van der Waals surface area contributed by atoms with Gasteiger partial charge in [0, 0.05) is 0 Å². The first-order valence-electron chi connectivity index (χ1n) is 7.27. The molecule has 0 saturated carbocycles. The molecule has 0 saturated heterocycles. The Kier molecular flexibility index (Phi) is 4.24. The molecule has 0 unspecified atom stereocenters. The number of nitrogens with zero attached hydrogens (tertiary/aromatic N) is 2. The number of carbonyl (C=O) groups is 1. The third-order valence-corrected chi connectivity index (χ3v) is 3.53. The lowest BCUT2D eigenvalue weighted by Crippen LogP contribution is -2.15. The van der Waals surface area contributed by atoms with Crippen molar-refractivity contribution in [2.45, 2.75) is 13.5 Å². The number of hydrogen-bond acceptors (Lipinski definition) is 5. The van der Waals surface area contributed by atoms with Gasteiger partial charge in [0.1, 0.15) is 5.82 Å². The highest BCUT2D eigenvalue weighted by Gasteiger charge is 2.14. The van der Waals surface area contributed by atoms with Crippen LogP contribution in [0, 0.1) is 12.7 Å². The van der Waals surface area contributed by atoms with E-state index in [1.165, 1.54) is 6.07 Å². The zero-order chi connectivity index (χ0) is 17.1. The number of carbonyl (C=O) groups excluding carboxylic acids is 1. The van der Waals surface area contributed by atoms with Crippen LogP contribution in [0.2, 0.25) is 0 Å². The van der Waals surface area contributed by atoms with Crippen LogP contribution in [0.15, 0.2) is 46.9 Å². The van der Waals surface area contributed by atoms with Gasteiger partial charge in [-0.25, -0.2) is 4.39 Å². The maximum Gasteiger partial charge on any atom is 0.250 e. The van der Waals surface area contributed by atoms with Crippen molar-refractivity contribution in [3.05, 3.63) is 65.3 Å². The lowest BCUT2D eigenvalue weighted by molar-refractivity contribution is 0.100. The Labute approximate surface area is 137 Å². The number of halogens is 1. The van der Waals surface area contributed by atoms with Crippen LogP contribution in [0.25, 0.3) is 11.5 Å². The third kappa shape index (κ3) is 3.10. The molecule has 24 heavy (non-hydrogen) atoms. The minimum atomic E-state index is -0.529. The van der Waals surface area contributed by atoms with Crippen LogP contribution in [-0.2, 0) is 6.54 Å². The molecule has 122 valence electrons. The predicted octanol–water partition coefficient (Wildman–Crippen LogP) is 2.90. The van der Waals surface area contributed by atoms with Crippen LogP contribution in [0.1, 0.15) is 21.8 Å². The summed E-state index contributed by atoms with van der Waals surface area (Å²) in [5.41, 5.74) is 7.46. The molecule has 7 heteroatoms. The van der Waals surface area contributed by atoms with Crippen molar-refractivity contribution in [3.8, 4) is 11.5 Å². The van der Waals surface area contributed by atoms with Crippen LogP contribution in [-0.4, -0.2) is 16.1 Å². The number of aromatic nitrogens is 2. The summed E-state index contributed by atoms with van der Waals surface area (Å²) in [7, 11) is 0. The van der Waals surface area contributed by atoms with E-state index in [1.54, 1.807) is 30.3 Å². The Morgan fingerprint density at radius 2 is 2.00 bits per heavy atom. The highest BCUT2D eigenvalue weighted by atomic mass is 19.1. The van der Waals surface area contributed by atoms with Crippen LogP contribution in [0.4, 0.5) is 10.1 Å². The number of hydrogen-bond donors (Lipinski definition) is 2. The maximum absolute atomic E-state index is 13.7. The molecular weight excluding hydrogens is 311 g/mol. The summed E-state index contributed by atoms with van der Waals surface area (Å²) in [5.74, 6) is -0.592. The van der Waals surface area contributed by atoms with Crippen LogP contribution in [0.5, 0.6) is 0 Å². The first kappa shape index (κ1) is 15.7. The van der Waals surface area contributed by atoms with Crippen molar-refractivity contribution in [3.63, 3.8) is 0 Å². The minimum absolute atomic E-state index is 0.102. The molecule has 0 aliphatic carbocycles. The van der Waals surface area contributed by atoms with E-state index in [4.69, 9.17) is 10.2 Å². The van der Waals surface area contributed by atoms with E-state index in [0.717, 1.165) is 5.56 Å². The number of primary amides is 1. The Morgan fingerprint density at radius 3 is 2.75 bits per heavy atom. The van der Waals surface area contributed by atoms with E-state index in [2.05, 4.69) is 15.5 Å². The van der Waals surface area contributed by atoms with Gasteiger partial charge in [0.15, 0.2) is 0 Å². The van der Waals surface area contributed by atoms with Gasteiger partial charge in [-0.2, -0.15) is 0 Å². The number of anilines is 1. The topological polar surface area (TPSA) is 94.0 Å². The van der Waals surface area contributed by atoms with Crippen molar-refractivity contribution in [2.24, 2.45) is 5.73 Å². The first-order valence-corrected chi connectivity index (χ1v) is 7.27. The fraction of sp³-hybridized carbons (Fsp3) is 0.118. The summed E-state index contributed by atoms with van der Waals surface area (Å²) in [6.45, 7) is 2.04. The molecule has 2 aromatic carbocycles. The standard InChI is InChI=1S/C17H15FN4O2/c1-10-5-4-7-12(16(19)23)15(10)20-9-14-21-22-17(24-14)11-6-2-3-8-13(11)18/h2-8,20H,9H2,1H3,(H2,19,23). The average Bonchev–Trinajstić information content (AvgIpc) is 3.02. The van der Waals surface area contributed by atoms with Crippen molar-refractivity contribution >= 4 is 11.6 Å². The molecule has 0 spiro atoms. The fourth-order valence-corrected chi connectivity index (χ4v) is 2.34. The largest absolute Gasteiger partial charge is 0.419 e. The fourth-order valence-electron chi connectivity index (χ4n) is 2.34. The second-order valence-electron chi connectivity index (χ2n) is 5.20. The highest BCUT2D eigenvalue weighted by molar-refractivity contribution is 5.99. The molecule has 1 heterocycles. The molecule has 0 atom stereocenters. The molecule has 1 aromatic heterocycles. The SMILES string of the molecule is Cc1cccc(C(N)=O)c1NCc1nnc(-c2ccccc2F)o1. The molecule has 3 rings (SSSR count). The molecular formula is C17H15FN4O2. The lowest BCUT2D eigenvalue weighted by Gasteiger charge is -2.11. The number of rotatable bonds is 5. The van der Waals surface area contributed by atoms with E-state index in [1.807, 2.05) is 13.0 Å². The molecule has 3 N–H and O–H groups in total. The van der Waals surface area contributed by atoms with E-state index >= 15 is 0 Å². The predicted molar refractivity (Wildman–Crippen MR) is 86.7 cm³/mol. The molecule has 0 bridgehead atoms. The lowest BCUT2D eigenvalue weighted by atomic mass is 10.1. The number of nitrogens with one attached hydrogen (secondary N) is 1. The average molecular weight is 326 g/mol. The van der Waals surface area contributed by atoms with E-state index in [9.17, 15) is 9.18 Å². The first-order chi connectivity index (χ1) is 11.6. The Balaban J connectivity index is 1.80. The van der Waals surface area contributed by atoms with E-state index in [0.29, 0.717) is 11.3 Å². The van der Waals surface area contributed by atoms with Gasteiger partial charge < -0.3 is 15.5 Å². The van der Waals surface area contributed by atoms with Gasteiger partial charge in [-0.3, -0.25) is 4.79 Å². The third-order valence-electron chi connectivity index (χ3n) is 3.53. The van der Waals surface area contributed by atoms with Crippen LogP contribution < -0.4 is 11.1 Å². The number of aryl methyl sites for hydroxylation is 1. The number of amides is 1. The molecule has 0 aliphatic rings. The van der Waals surface area contributed by atoms with Gasteiger partial charge in [0.2, 0.25) is 5.89 Å². The summed E-state index contributed by atoms with van der Waals surface area (Å²) in [4.78, 5) is 11.5. The summed E-state index contributed by atoms with van der Waals surface area (Å²) in [6, 6.07) is 11.4. The Hall–Kier alpha value is -3.22. The molecule has 6 nitrogen and oxygen atoms in total. The molecule has 3 aromatic rings. The monoisotopic (exact) mass is 326 g/mol. The summed E-state index contributed by atoms with van der Waals surface area (Å²) in [6.07, 6.45) is 0. The second kappa shape index (κ2) is 6.49. The molecule has 0 fully saturated rings. The zero-order valence-corrected chi connectivity index (χ0v) is 12.9. The quantitative estimate of drug-likeness (QED) is 0.752. The molecule has 0 aliphatic heterocycles. The van der Waals surface area contributed by atoms with Gasteiger partial charge >= 0.3 is 0 Å². The van der Waals surface area contributed by atoms with Gasteiger partial charge in [0.05, 0.1) is 23.4 Å². The van der Waals surface area contributed by atoms with Crippen molar-refractivity contribution < 1.29 is 13.6 Å². The number of para-hydroxylation sites is 1. The van der Waals surface area contributed by atoms with Gasteiger partial charge in [0.25, 0.3) is 11.8 Å². The van der Waals surface area contributed by atoms with E-state index < -0.39 is 11.7 Å². The zero-order valence-electron chi connectivity index (χ0n) is 12.9. The van der Waals surface area contributed by atoms with Crippen LogP contribution in [0.3, 0.4) is 0 Å². The summed E-state index contributed by atoms with van der Waals surface area (Å²) in [5, 5.41) is 10.8.